The average molecular weight is 556 g/mol. The van der Waals surface area contributed by atoms with E-state index in [1.807, 2.05) is 0 Å². The zero-order chi connectivity index (χ0) is 29.1. The SMILES string of the molecule is COc1cc(C(=O)NCCCCNC(=O)COc2cccc(C(=O)NC3CCC(=O)NC3=O)c2CO)ccc1N. The number of nitrogens with one attached hydrogen (secondary N) is 4. The Labute approximate surface area is 230 Å². The van der Waals surface area contributed by atoms with Crippen molar-refractivity contribution in [1.29, 1.82) is 0 Å². The molecule has 40 heavy (non-hydrogen) atoms. The molecular weight excluding hydrogens is 522 g/mol. The zero-order valence-corrected chi connectivity index (χ0v) is 22.1. The molecule has 0 bridgehead atoms. The van der Waals surface area contributed by atoms with Gasteiger partial charge in [0.15, 0.2) is 6.61 Å². The third kappa shape index (κ3) is 8.17. The second-order valence-electron chi connectivity index (χ2n) is 8.98. The summed E-state index contributed by atoms with van der Waals surface area (Å²) in [5, 5.41) is 20.1. The van der Waals surface area contributed by atoms with Crippen LogP contribution in [0.1, 0.15) is 52.0 Å². The lowest BCUT2D eigenvalue weighted by molar-refractivity contribution is -0.134. The van der Waals surface area contributed by atoms with Gasteiger partial charge in [0.2, 0.25) is 11.8 Å². The molecule has 0 aromatic heterocycles. The van der Waals surface area contributed by atoms with Crippen molar-refractivity contribution in [1.82, 2.24) is 21.3 Å². The summed E-state index contributed by atoms with van der Waals surface area (Å²) in [6.45, 7) is -0.119. The molecule has 13 heteroatoms. The summed E-state index contributed by atoms with van der Waals surface area (Å²) >= 11 is 0. The molecule has 0 saturated carbocycles. The van der Waals surface area contributed by atoms with Crippen molar-refractivity contribution < 1.29 is 38.6 Å². The van der Waals surface area contributed by atoms with Crippen molar-refractivity contribution in [3.8, 4) is 11.5 Å². The van der Waals surface area contributed by atoms with Gasteiger partial charge in [0.05, 0.1) is 19.4 Å². The predicted octanol–water partition coefficient (Wildman–Crippen LogP) is 0.00990. The summed E-state index contributed by atoms with van der Waals surface area (Å²) in [5.41, 5.74) is 6.87. The van der Waals surface area contributed by atoms with Crippen LogP contribution in [0.3, 0.4) is 0 Å². The maximum Gasteiger partial charge on any atom is 0.257 e. The number of amides is 5. The Balaban J connectivity index is 1.40. The Bertz CT molecular complexity index is 1270. The number of unbranched alkanes of at least 4 members (excludes halogenated alkanes) is 1. The standard InChI is InChI=1S/C27H33N5O8/c1-39-22-13-16(7-8-19(22)28)25(36)30-12-3-2-11-29-24(35)15-40-21-6-4-5-17(18(21)14-33)26(37)31-20-9-10-23(34)32-27(20)38/h4-8,13,20,33H,2-3,9-12,14-15,28H2,1H3,(H,29,35)(H,30,36)(H,31,37)(H,32,34,38). The molecule has 2 aromatic rings. The fraction of sp³-hybridized carbons (Fsp3) is 0.370. The molecule has 3 rings (SSSR count). The Morgan fingerprint density at radius 2 is 1.80 bits per heavy atom. The van der Waals surface area contributed by atoms with Crippen LogP contribution in [0, 0.1) is 0 Å². The monoisotopic (exact) mass is 555 g/mol. The second-order valence-corrected chi connectivity index (χ2v) is 8.98. The van der Waals surface area contributed by atoms with Gasteiger partial charge in [0.1, 0.15) is 17.5 Å². The van der Waals surface area contributed by atoms with E-state index in [1.54, 1.807) is 18.2 Å². The quantitative estimate of drug-likeness (QED) is 0.112. The van der Waals surface area contributed by atoms with E-state index < -0.39 is 36.3 Å². The molecule has 5 amide bonds. The van der Waals surface area contributed by atoms with Gasteiger partial charge in [-0.25, -0.2) is 0 Å². The molecule has 1 fully saturated rings. The number of imide groups is 1. The molecule has 13 nitrogen and oxygen atoms in total. The molecule has 2 aromatic carbocycles. The van der Waals surface area contributed by atoms with Crippen molar-refractivity contribution in [2.24, 2.45) is 0 Å². The summed E-state index contributed by atoms with van der Waals surface area (Å²) < 4.78 is 10.7. The highest BCUT2D eigenvalue weighted by molar-refractivity contribution is 6.04. The largest absolute Gasteiger partial charge is 0.495 e. The lowest BCUT2D eigenvalue weighted by Gasteiger charge is -2.22. The van der Waals surface area contributed by atoms with Crippen LogP contribution in [-0.4, -0.2) is 67.5 Å². The van der Waals surface area contributed by atoms with Gasteiger partial charge in [-0.15, -0.1) is 0 Å². The van der Waals surface area contributed by atoms with Gasteiger partial charge in [-0.05, 0) is 49.6 Å². The fourth-order valence-electron chi connectivity index (χ4n) is 3.97. The van der Waals surface area contributed by atoms with E-state index in [4.69, 9.17) is 15.2 Å². The molecule has 1 aliphatic rings. The van der Waals surface area contributed by atoms with Crippen LogP contribution in [0.2, 0.25) is 0 Å². The maximum atomic E-state index is 12.7. The van der Waals surface area contributed by atoms with Crippen molar-refractivity contribution in [3.05, 3.63) is 53.1 Å². The van der Waals surface area contributed by atoms with Gasteiger partial charge in [-0.1, -0.05) is 6.07 Å². The third-order valence-corrected chi connectivity index (χ3v) is 6.15. The van der Waals surface area contributed by atoms with Crippen LogP contribution in [0.5, 0.6) is 11.5 Å². The number of rotatable bonds is 13. The van der Waals surface area contributed by atoms with Crippen LogP contribution in [-0.2, 0) is 21.0 Å². The van der Waals surface area contributed by atoms with Crippen molar-refractivity contribution in [2.45, 2.75) is 38.3 Å². The number of methoxy groups -OCH3 is 1. The molecule has 1 saturated heterocycles. The van der Waals surface area contributed by atoms with Gasteiger partial charge in [-0.2, -0.15) is 0 Å². The van der Waals surface area contributed by atoms with E-state index in [0.29, 0.717) is 42.9 Å². The lowest BCUT2D eigenvalue weighted by Crippen LogP contribution is -2.52. The molecule has 214 valence electrons. The van der Waals surface area contributed by atoms with E-state index in [-0.39, 0.29) is 42.2 Å². The van der Waals surface area contributed by atoms with Gasteiger partial charge >= 0.3 is 0 Å². The molecule has 1 aliphatic heterocycles. The maximum absolute atomic E-state index is 12.7. The minimum absolute atomic E-state index is 0.0876. The van der Waals surface area contributed by atoms with E-state index in [1.165, 1.54) is 25.3 Å². The molecule has 7 N–H and O–H groups in total. The van der Waals surface area contributed by atoms with E-state index >= 15 is 0 Å². The van der Waals surface area contributed by atoms with E-state index in [0.717, 1.165) is 0 Å². The van der Waals surface area contributed by atoms with E-state index in [9.17, 15) is 29.1 Å². The van der Waals surface area contributed by atoms with Crippen molar-refractivity contribution >= 4 is 35.2 Å². The van der Waals surface area contributed by atoms with Crippen molar-refractivity contribution in [2.75, 3.05) is 32.5 Å². The number of hydrogen-bond donors (Lipinski definition) is 6. The predicted molar refractivity (Wildman–Crippen MR) is 143 cm³/mol. The van der Waals surface area contributed by atoms with Gasteiger partial charge in [0, 0.05) is 36.2 Å². The first-order chi connectivity index (χ1) is 19.2. The molecule has 1 unspecified atom stereocenters. The molecule has 0 radical (unpaired) electrons. The summed E-state index contributed by atoms with van der Waals surface area (Å²) in [4.78, 5) is 60.5. The molecule has 1 atom stereocenters. The normalized spacial score (nSPS) is 14.6. The zero-order valence-electron chi connectivity index (χ0n) is 22.1. The fourth-order valence-corrected chi connectivity index (χ4v) is 3.97. The van der Waals surface area contributed by atoms with Crippen LogP contribution in [0.4, 0.5) is 5.69 Å². The summed E-state index contributed by atoms with van der Waals surface area (Å²) in [5.74, 6) is -1.70. The number of carbonyl (C=O) groups is 5. The number of piperidine rings is 1. The lowest BCUT2D eigenvalue weighted by atomic mass is 10.0. The first-order valence-electron chi connectivity index (χ1n) is 12.7. The number of carbonyl (C=O) groups excluding carboxylic acids is 5. The van der Waals surface area contributed by atoms with Crippen molar-refractivity contribution in [3.63, 3.8) is 0 Å². The minimum atomic E-state index is -0.873. The van der Waals surface area contributed by atoms with E-state index in [2.05, 4.69) is 21.3 Å². The highest BCUT2D eigenvalue weighted by atomic mass is 16.5. The number of benzene rings is 2. The van der Waals surface area contributed by atoms with Crippen LogP contribution < -0.4 is 36.5 Å². The summed E-state index contributed by atoms with van der Waals surface area (Å²) in [6, 6.07) is 8.40. The Hall–Kier alpha value is -4.65. The second kappa shape index (κ2) is 14.5. The summed E-state index contributed by atoms with van der Waals surface area (Å²) in [7, 11) is 1.47. The summed E-state index contributed by atoms with van der Waals surface area (Å²) in [6.07, 6.45) is 1.51. The Kier molecular flexibility index (Phi) is 10.8. The molecule has 1 heterocycles. The number of nitrogens with two attached hydrogens (primary N) is 1. The molecular formula is C27H33N5O8. The average Bonchev–Trinajstić information content (AvgIpc) is 2.94. The first kappa shape index (κ1) is 29.9. The number of nitrogen functional groups attached to an aromatic ring is 1. The first-order valence-corrected chi connectivity index (χ1v) is 12.7. The third-order valence-electron chi connectivity index (χ3n) is 6.15. The Morgan fingerprint density at radius 3 is 2.50 bits per heavy atom. The van der Waals surface area contributed by atoms with Gasteiger partial charge in [-0.3, -0.25) is 29.3 Å². The highest BCUT2D eigenvalue weighted by Gasteiger charge is 2.29. The number of aliphatic hydroxyl groups is 1. The minimum Gasteiger partial charge on any atom is -0.495 e. The van der Waals surface area contributed by atoms with Gasteiger partial charge < -0.3 is 36.3 Å². The molecule has 0 spiro atoms. The Morgan fingerprint density at radius 1 is 1.05 bits per heavy atom. The van der Waals surface area contributed by atoms with Crippen LogP contribution in [0.15, 0.2) is 36.4 Å². The topological polar surface area (TPSA) is 198 Å². The number of aliphatic hydroxyl groups excluding tert-OH is 1. The number of ether oxygens (including phenoxy) is 2. The smallest absolute Gasteiger partial charge is 0.257 e. The van der Waals surface area contributed by atoms with Crippen LogP contribution in [0.25, 0.3) is 0 Å². The highest BCUT2D eigenvalue weighted by Crippen LogP contribution is 2.24. The van der Waals surface area contributed by atoms with Crippen LogP contribution >= 0.6 is 0 Å². The molecule has 0 aliphatic carbocycles. The number of hydrogen-bond acceptors (Lipinski definition) is 9. The number of anilines is 1. The van der Waals surface area contributed by atoms with Gasteiger partial charge in [0.25, 0.3) is 17.7 Å².